The van der Waals surface area contributed by atoms with Gasteiger partial charge in [0.2, 0.25) is 17.6 Å². The van der Waals surface area contributed by atoms with Gasteiger partial charge >= 0.3 is 0 Å². The minimum absolute atomic E-state index is 0.0768. The second-order valence-electron chi connectivity index (χ2n) is 9.31. The molecule has 2 aromatic heterocycles. The molecular formula is C25H26N6O2. The SMILES string of the molecule is Cc1ccc(N2CC(c3nc(-c4ccc5c(c4)nnn5C4CCCC4)no3)CC2=O)cc1C. The van der Waals surface area contributed by atoms with Crippen molar-refractivity contribution in [2.45, 2.75) is 57.9 Å². The Bertz CT molecular complexity index is 1350. The van der Waals surface area contributed by atoms with Crippen molar-refractivity contribution in [2.75, 3.05) is 11.4 Å². The summed E-state index contributed by atoms with van der Waals surface area (Å²) in [7, 11) is 0. The van der Waals surface area contributed by atoms with Crippen LogP contribution in [-0.2, 0) is 4.79 Å². The maximum Gasteiger partial charge on any atom is 0.232 e. The Balaban J connectivity index is 1.23. The molecule has 1 atom stereocenters. The van der Waals surface area contributed by atoms with E-state index in [0.717, 1.165) is 35.1 Å². The Morgan fingerprint density at radius 2 is 1.88 bits per heavy atom. The summed E-state index contributed by atoms with van der Waals surface area (Å²) in [5.74, 6) is 0.971. The summed E-state index contributed by atoms with van der Waals surface area (Å²) in [6.45, 7) is 4.67. The zero-order valence-corrected chi connectivity index (χ0v) is 18.9. The number of rotatable bonds is 4. The molecule has 1 aliphatic carbocycles. The smallest absolute Gasteiger partial charge is 0.232 e. The minimum Gasteiger partial charge on any atom is -0.339 e. The monoisotopic (exact) mass is 442 g/mol. The van der Waals surface area contributed by atoms with Gasteiger partial charge in [-0.1, -0.05) is 29.3 Å². The molecular weight excluding hydrogens is 416 g/mol. The number of fused-ring (bicyclic) bond motifs is 1. The van der Waals surface area contributed by atoms with Gasteiger partial charge in [0, 0.05) is 24.2 Å². The van der Waals surface area contributed by atoms with Crippen LogP contribution in [0.25, 0.3) is 22.4 Å². The van der Waals surface area contributed by atoms with Gasteiger partial charge in [-0.25, -0.2) is 4.68 Å². The molecule has 3 heterocycles. The molecule has 8 nitrogen and oxygen atoms in total. The molecule has 1 unspecified atom stereocenters. The van der Waals surface area contributed by atoms with Gasteiger partial charge in [0.05, 0.1) is 17.5 Å². The fourth-order valence-corrected chi connectivity index (χ4v) is 5.03. The van der Waals surface area contributed by atoms with Gasteiger partial charge < -0.3 is 9.42 Å². The van der Waals surface area contributed by atoms with Gasteiger partial charge in [-0.2, -0.15) is 4.98 Å². The summed E-state index contributed by atoms with van der Waals surface area (Å²) in [4.78, 5) is 19.2. The zero-order chi connectivity index (χ0) is 22.5. The molecule has 6 rings (SSSR count). The number of anilines is 1. The molecule has 0 radical (unpaired) electrons. The summed E-state index contributed by atoms with van der Waals surface area (Å²) in [6, 6.07) is 12.5. The van der Waals surface area contributed by atoms with Crippen molar-refractivity contribution >= 4 is 22.6 Å². The number of aryl methyl sites for hydroxylation is 2. The van der Waals surface area contributed by atoms with E-state index in [-0.39, 0.29) is 11.8 Å². The van der Waals surface area contributed by atoms with E-state index >= 15 is 0 Å². The molecule has 1 amide bonds. The van der Waals surface area contributed by atoms with Crippen LogP contribution < -0.4 is 4.90 Å². The predicted octanol–water partition coefficient (Wildman–Crippen LogP) is 4.73. The first-order chi connectivity index (χ1) is 16.1. The van der Waals surface area contributed by atoms with Gasteiger partial charge in [0.25, 0.3) is 0 Å². The Morgan fingerprint density at radius 3 is 2.70 bits per heavy atom. The van der Waals surface area contributed by atoms with Crippen LogP contribution in [0.1, 0.15) is 61.1 Å². The maximum absolute atomic E-state index is 12.7. The number of aromatic nitrogens is 5. The summed E-state index contributed by atoms with van der Waals surface area (Å²) in [5, 5.41) is 13.0. The molecule has 2 aliphatic rings. The van der Waals surface area contributed by atoms with E-state index in [4.69, 9.17) is 4.52 Å². The van der Waals surface area contributed by atoms with Crippen LogP contribution in [0.3, 0.4) is 0 Å². The first-order valence-corrected chi connectivity index (χ1v) is 11.6. The first kappa shape index (κ1) is 20.1. The van der Waals surface area contributed by atoms with E-state index < -0.39 is 0 Å². The zero-order valence-electron chi connectivity index (χ0n) is 18.9. The van der Waals surface area contributed by atoms with Crippen LogP contribution in [-0.4, -0.2) is 37.6 Å². The van der Waals surface area contributed by atoms with Gasteiger partial charge in [0.1, 0.15) is 5.52 Å². The lowest BCUT2D eigenvalue weighted by Gasteiger charge is -2.17. The van der Waals surface area contributed by atoms with Crippen LogP contribution in [0.4, 0.5) is 5.69 Å². The van der Waals surface area contributed by atoms with Crippen molar-refractivity contribution in [3.8, 4) is 11.4 Å². The van der Waals surface area contributed by atoms with Crippen LogP contribution in [0.15, 0.2) is 40.9 Å². The molecule has 33 heavy (non-hydrogen) atoms. The highest BCUT2D eigenvalue weighted by Gasteiger charge is 2.35. The van der Waals surface area contributed by atoms with E-state index in [0.29, 0.717) is 30.7 Å². The number of benzene rings is 2. The van der Waals surface area contributed by atoms with Crippen LogP contribution in [0.5, 0.6) is 0 Å². The first-order valence-electron chi connectivity index (χ1n) is 11.6. The molecule has 2 fully saturated rings. The lowest BCUT2D eigenvalue weighted by Crippen LogP contribution is -2.24. The molecule has 1 saturated heterocycles. The summed E-state index contributed by atoms with van der Waals surface area (Å²) in [5.41, 5.74) is 6.02. The predicted molar refractivity (Wildman–Crippen MR) is 124 cm³/mol. The second kappa shape index (κ2) is 7.79. The van der Waals surface area contributed by atoms with E-state index in [1.54, 1.807) is 0 Å². The highest BCUT2D eigenvalue weighted by molar-refractivity contribution is 5.96. The van der Waals surface area contributed by atoms with Crippen molar-refractivity contribution in [1.29, 1.82) is 0 Å². The summed E-state index contributed by atoms with van der Waals surface area (Å²) < 4.78 is 7.65. The normalized spacial score (nSPS) is 19.3. The molecule has 168 valence electrons. The summed E-state index contributed by atoms with van der Waals surface area (Å²) in [6.07, 6.45) is 5.19. The number of carbonyl (C=O) groups excluding carboxylic acids is 1. The van der Waals surface area contributed by atoms with Crippen molar-refractivity contribution in [2.24, 2.45) is 0 Å². The molecule has 1 saturated carbocycles. The molecule has 0 bridgehead atoms. The number of amides is 1. The standard InChI is InChI=1S/C25H26N6O2/c1-15-7-9-20(11-16(15)2)30-14-18(13-23(30)32)25-26-24(28-33-25)17-8-10-22-21(12-17)27-29-31(22)19-5-3-4-6-19/h7-12,18-19H,3-6,13-14H2,1-2H3. The minimum atomic E-state index is -0.118. The van der Waals surface area contributed by atoms with Gasteiger partial charge in [0.15, 0.2) is 0 Å². The largest absolute Gasteiger partial charge is 0.339 e. The molecule has 0 N–H and O–H groups in total. The van der Waals surface area contributed by atoms with Crippen molar-refractivity contribution in [3.05, 3.63) is 53.4 Å². The number of hydrogen-bond acceptors (Lipinski definition) is 6. The second-order valence-corrected chi connectivity index (χ2v) is 9.31. The van der Waals surface area contributed by atoms with E-state index in [1.807, 2.05) is 29.2 Å². The molecule has 0 spiro atoms. The third-order valence-corrected chi connectivity index (χ3v) is 7.12. The number of hydrogen-bond donors (Lipinski definition) is 0. The topological polar surface area (TPSA) is 89.9 Å². The van der Waals surface area contributed by atoms with Gasteiger partial charge in [-0.05, 0) is 68.1 Å². The molecule has 2 aromatic carbocycles. The number of nitrogens with zero attached hydrogens (tertiary/aromatic N) is 6. The Kier molecular flexibility index (Phi) is 4.74. The van der Waals surface area contributed by atoms with Crippen LogP contribution in [0, 0.1) is 13.8 Å². The Labute approximate surface area is 191 Å². The lowest BCUT2D eigenvalue weighted by molar-refractivity contribution is -0.117. The van der Waals surface area contributed by atoms with Crippen molar-refractivity contribution in [1.82, 2.24) is 25.1 Å². The Morgan fingerprint density at radius 1 is 1.03 bits per heavy atom. The average molecular weight is 443 g/mol. The molecule has 1 aliphatic heterocycles. The van der Waals surface area contributed by atoms with Gasteiger partial charge in [-0.15, -0.1) is 5.10 Å². The summed E-state index contributed by atoms with van der Waals surface area (Å²) >= 11 is 0. The van der Waals surface area contributed by atoms with E-state index in [2.05, 4.69) is 51.1 Å². The fourth-order valence-electron chi connectivity index (χ4n) is 5.03. The van der Waals surface area contributed by atoms with E-state index in [1.165, 1.54) is 24.0 Å². The maximum atomic E-state index is 12.7. The van der Waals surface area contributed by atoms with Crippen molar-refractivity contribution < 1.29 is 9.32 Å². The van der Waals surface area contributed by atoms with Crippen molar-refractivity contribution in [3.63, 3.8) is 0 Å². The van der Waals surface area contributed by atoms with Gasteiger partial charge in [-0.3, -0.25) is 4.79 Å². The third-order valence-electron chi connectivity index (χ3n) is 7.12. The quantitative estimate of drug-likeness (QED) is 0.454. The van der Waals surface area contributed by atoms with Crippen LogP contribution in [0.2, 0.25) is 0 Å². The van der Waals surface area contributed by atoms with Crippen LogP contribution >= 0.6 is 0 Å². The molecule has 8 heteroatoms. The third kappa shape index (κ3) is 3.50. The number of carbonyl (C=O) groups is 1. The Hall–Kier alpha value is -3.55. The fraction of sp³-hybridized carbons (Fsp3) is 0.400. The average Bonchev–Trinajstić information content (AvgIpc) is 3.60. The van der Waals surface area contributed by atoms with E-state index in [9.17, 15) is 4.79 Å². The highest BCUT2D eigenvalue weighted by atomic mass is 16.5. The molecule has 4 aromatic rings. The lowest BCUT2D eigenvalue weighted by atomic mass is 10.1. The highest BCUT2D eigenvalue weighted by Crippen LogP contribution is 2.34.